The van der Waals surface area contributed by atoms with E-state index < -0.39 is 0 Å². The fourth-order valence-corrected chi connectivity index (χ4v) is 2.59. The molecule has 0 aliphatic heterocycles. The van der Waals surface area contributed by atoms with Gasteiger partial charge in [0.15, 0.2) is 0 Å². The maximum Gasteiger partial charge on any atom is 0.323 e. The van der Waals surface area contributed by atoms with Crippen LogP contribution in [0.1, 0.15) is 5.56 Å². The Bertz CT molecular complexity index is 1040. The van der Waals surface area contributed by atoms with Crippen LogP contribution in [0.5, 0.6) is 0 Å². The van der Waals surface area contributed by atoms with Gasteiger partial charge in [-0.15, -0.1) is 0 Å². The highest BCUT2D eigenvalue weighted by Gasteiger charge is 2.05. The second kappa shape index (κ2) is 6.00. The van der Waals surface area contributed by atoms with E-state index in [-0.39, 0.29) is 5.69 Å². The van der Waals surface area contributed by atoms with E-state index in [0.717, 1.165) is 28.1 Å². The summed E-state index contributed by atoms with van der Waals surface area (Å²) in [5.41, 5.74) is 4.22. The number of aromatic nitrogens is 4. The van der Waals surface area contributed by atoms with Crippen molar-refractivity contribution in [3.05, 3.63) is 77.0 Å². The predicted molar refractivity (Wildman–Crippen MR) is 93.7 cm³/mol. The monoisotopic (exact) mass is 317 g/mol. The maximum absolute atomic E-state index is 11.4. The molecule has 2 heterocycles. The molecule has 2 aromatic heterocycles. The quantitative estimate of drug-likeness (QED) is 0.540. The summed E-state index contributed by atoms with van der Waals surface area (Å²) in [4.78, 5) is 25.4. The van der Waals surface area contributed by atoms with Gasteiger partial charge < -0.3 is 15.3 Å². The molecule has 118 valence electrons. The summed E-state index contributed by atoms with van der Waals surface area (Å²) in [7, 11) is 0. The fraction of sp³-hybridized carbons (Fsp3) is 0.0556. The minimum Gasteiger partial charge on any atom is -0.366 e. The van der Waals surface area contributed by atoms with Crippen molar-refractivity contribution >= 4 is 16.9 Å². The number of hydrogen-bond acceptors (Lipinski definition) is 4. The van der Waals surface area contributed by atoms with Crippen LogP contribution >= 0.6 is 0 Å². The van der Waals surface area contributed by atoms with Gasteiger partial charge in [-0.2, -0.15) is 0 Å². The Morgan fingerprint density at radius 2 is 1.75 bits per heavy atom. The van der Waals surface area contributed by atoms with Crippen molar-refractivity contribution in [3.63, 3.8) is 0 Å². The van der Waals surface area contributed by atoms with Gasteiger partial charge in [-0.3, -0.25) is 0 Å². The number of aromatic amines is 2. The SMILES string of the molecule is O=c1[nH]c2ccc(-c3cc(NCc4ccccc4)ncn3)cc2[nH]1. The van der Waals surface area contributed by atoms with Gasteiger partial charge in [0.1, 0.15) is 12.1 Å². The number of hydrogen-bond donors (Lipinski definition) is 3. The summed E-state index contributed by atoms with van der Waals surface area (Å²) < 4.78 is 0. The van der Waals surface area contributed by atoms with Crippen LogP contribution in [0.2, 0.25) is 0 Å². The summed E-state index contributed by atoms with van der Waals surface area (Å²) in [5.74, 6) is 0.756. The summed E-state index contributed by atoms with van der Waals surface area (Å²) >= 11 is 0. The van der Waals surface area contributed by atoms with Crippen LogP contribution in [0.25, 0.3) is 22.3 Å². The molecule has 4 aromatic rings. The molecule has 6 nitrogen and oxygen atoms in total. The summed E-state index contributed by atoms with van der Waals surface area (Å²) in [5, 5.41) is 3.30. The van der Waals surface area contributed by atoms with Crippen molar-refractivity contribution in [2.45, 2.75) is 6.54 Å². The van der Waals surface area contributed by atoms with E-state index in [0.29, 0.717) is 6.54 Å². The van der Waals surface area contributed by atoms with Crippen molar-refractivity contribution in [1.82, 2.24) is 19.9 Å². The first-order valence-corrected chi connectivity index (χ1v) is 7.60. The third kappa shape index (κ3) is 2.89. The number of imidazole rings is 1. The van der Waals surface area contributed by atoms with E-state index in [2.05, 4.69) is 37.4 Å². The highest BCUT2D eigenvalue weighted by atomic mass is 16.1. The van der Waals surface area contributed by atoms with Crippen molar-refractivity contribution in [1.29, 1.82) is 0 Å². The van der Waals surface area contributed by atoms with Gasteiger partial charge in [0.2, 0.25) is 0 Å². The van der Waals surface area contributed by atoms with Gasteiger partial charge in [-0.1, -0.05) is 36.4 Å². The topological polar surface area (TPSA) is 86.5 Å². The van der Waals surface area contributed by atoms with E-state index in [1.54, 1.807) is 0 Å². The number of H-pyrrole nitrogens is 2. The highest BCUT2D eigenvalue weighted by molar-refractivity contribution is 5.80. The van der Waals surface area contributed by atoms with Crippen LogP contribution < -0.4 is 11.0 Å². The second-order valence-electron chi connectivity index (χ2n) is 5.47. The number of rotatable bonds is 4. The molecule has 0 fully saturated rings. The average Bonchev–Trinajstić information content (AvgIpc) is 3.00. The summed E-state index contributed by atoms with van der Waals surface area (Å²) in [6.07, 6.45) is 1.53. The zero-order valence-electron chi connectivity index (χ0n) is 12.8. The molecule has 2 aromatic carbocycles. The lowest BCUT2D eigenvalue weighted by atomic mass is 10.1. The Hall–Kier alpha value is -3.41. The normalized spacial score (nSPS) is 10.8. The van der Waals surface area contributed by atoms with Crippen LogP contribution in [0.15, 0.2) is 65.7 Å². The van der Waals surface area contributed by atoms with Crippen LogP contribution in [0, 0.1) is 0 Å². The fourth-order valence-electron chi connectivity index (χ4n) is 2.59. The molecule has 0 aliphatic rings. The molecule has 0 radical (unpaired) electrons. The number of nitrogens with zero attached hydrogens (tertiary/aromatic N) is 2. The van der Waals surface area contributed by atoms with Gasteiger partial charge in [0.05, 0.1) is 16.7 Å². The molecule has 0 spiro atoms. The summed E-state index contributed by atoms with van der Waals surface area (Å²) in [6.45, 7) is 0.696. The van der Waals surface area contributed by atoms with Crippen molar-refractivity contribution < 1.29 is 0 Å². The van der Waals surface area contributed by atoms with E-state index >= 15 is 0 Å². The zero-order valence-corrected chi connectivity index (χ0v) is 12.8. The Morgan fingerprint density at radius 3 is 2.62 bits per heavy atom. The lowest BCUT2D eigenvalue weighted by molar-refractivity contribution is 1.08. The molecule has 0 unspecified atom stereocenters. The maximum atomic E-state index is 11.4. The predicted octanol–water partition coefficient (Wildman–Crippen LogP) is 2.93. The molecule has 0 aliphatic carbocycles. The molecule has 0 saturated heterocycles. The molecule has 24 heavy (non-hydrogen) atoms. The number of nitrogens with one attached hydrogen (secondary N) is 3. The first-order valence-electron chi connectivity index (χ1n) is 7.60. The van der Waals surface area contributed by atoms with E-state index in [1.165, 1.54) is 11.9 Å². The number of fused-ring (bicyclic) bond motifs is 1. The molecule has 0 bridgehead atoms. The average molecular weight is 317 g/mol. The summed E-state index contributed by atoms with van der Waals surface area (Å²) in [6, 6.07) is 17.7. The molecule has 3 N–H and O–H groups in total. The van der Waals surface area contributed by atoms with Gasteiger partial charge in [-0.25, -0.2) is 14.8 Å². The van der Waals surface area contributed by atoms with Crippen LogP contribution in [0.4, 0.5) is 5.82 Å². The van der Waals surface area contributed by atoms with E-state index in [4.69, 9.17) is 0 Å². The lowest BCUT2D eigenvalue weighted by Gasteiger charge is -2.07. The molecule has 0 saturated carbocycles. The first-order chi connectivity index (χ1) is 11.8. The molecule has 0 atom stereocenters. The Labute approximate surface area is 137 Å². The number of benzene rings is 2. The van der Waals surface area contributed by atoms with Gasteiger partial charge in [-0.05, 0) is 17.7 Å². The second-order valence-corrected chi connectivity index (χ2v) is 5.47. The minimum absolute atomic E-state index is 0.213. The number of anilines is 1. The van der Waals surface area contributed by atoms with Crippen LogP contribution in [-0.4, -0.2) is 19.9 Å². The van der Waals surface area contributed by atoms with Gasteiger partial charge >= 0.3 is 5.69 Å². The molecule has 6 heteroatoms. The third-order valence-electron chi connectivity index (χ3n) is 3.80. The molecule has 0 amide bonds. The standard InChI is InChI=1S/C18H15N5O/c24-18-22-14-7-6-13(8-16(14)23-18)15-9-17(21-11-20-15)19-10-12-4-2-1-3-5-12/h1-9,11H,10H2,(H,19,20,21)(H2,22,23,24). The van der Waals surface area contributed by atoms with Crippen molar-refractivity contribution in [2.24, 2.45) is 0 Å². The lowest BCUT2D eigenvalue weighted by Crippen LogP contribution is -2.01. The first kappa shape index (κ1) is 14.2. The molecular formula is C18H15N5O. The zero-order chi connectivity index (χ0) is 16.4. The molecular weight excluding hydrogens is 302 g/mol. The van der Waals surface area contributed by atoms with Crippen molar-refractivity contribution in [3.8, 4) is 11.3 Å². The Balaban J connectivity index is 1.60. The minimum atomic E-state index is -0.213. The van der Waals surface area contributed by atoms with E-state index in [9.17, 15) is 4.79 Å². The van der Waals surface area contributed by atoms with Crippen LogP contribution in [-0.2, 0) is 6.54 Å². The molecule has 4 rings (SSSR count). The Morgan fingerprint density at radius 1 is 0.917 bits per heavy atom. The Kier molecular flexibility index (Phi) is 3.55. The van der Waals surface area contributed by atoms with Crippen LogP contribution in [0.3, 0.4) is 0 Å². The van der Waals surface area contributed by atoms with E-state index in [1.807, 2.05) is 42.5 Å². The third-order valence-corrected chi connectivity index (χ3v) is 3.80. The van der Waals surface area contributed by atoms with Crippen molar-refractivity contribution in [2.75, 3.05) is 5.32 Å². The largest absolute Gasteiger partial charge is 0.366 e. The smallest absolute Gasteiger partial charge is 0.323 e. The van der Waals surface area contributed by atoms with Gasteiger partial charge in [0.25, 0.3) is 0 Å². The van der Waals surface area contributed by atoms with Gasteiger partial charge in [0, 0.05) is 18.2 Å². The highest BCUT2D eigenvalue weighted by Crippen LogP contribution is 2.22.